The average molecular weight is 212 g/mol. The van der Waals surface area contributed by atoms with Gasteiger partial charge in [-0.05, 0) is 12.8 Å². The molecule has 4 heteroatoms. The Labute approximate surface area is 88.9 Å². The fourth-order valence-corrected chi connectivity index (χ4v) is 2.90. The van der Waals surface area contributed by atoms with Gasteiger partial charge in [0, 0.05) is 11.8 Å². The molecule has 0 N–H and O–H groups in total. The summed E-state index contributed by atoms with van der Waals surface area (Å²) in [4.78, 5) is 12.2. The summed E-state index contributed by atoms with van der Waals surface area (Å²) in [6.07, 6.45) is 4.19. The third-order valence-corrected chi connectivity index (χ3v) is 3.78. The molecule has 3 rings (SSSR count). The zero-order valence-corrected chi connectivity index (χ0v) is 8.74. The summed E-state index contributed by atoms with van der Waals surface area (Å²) < 4.78 is 16.5. The molecule has 3 aliphatic rings. The maximum Gasteiger partial charge on any atom is 0.236 e. The Morgan fingerprint density at radius 1 is 1.13 bits per heavy atom. The van der Waals surface area contributed by atoms with Crippen LogP contribution in [0.15, 0.2) is 0 Å². The number of hydrogen-bond donors (Lipinski definition) is 0. The predicted molar refractivity (Wildman–Crippen MR) is 51.0 cm³/mol. The highest BCUT2D eigenvalue weighted by atomic mass is 16.8. The minimum absolute atomic E-state index is 0.0610. The number of Topliss-reactive ketones (excluding diaryl/α,β-unsaturated/α-hetero) is 1. The third kappa shape index (κ3) is 1.35. The first-order valence-corrected chi connectivity index (χ1v) is 5.73. The highest BCUT2D eigenvalue weighted by molar-refractivity contribution is 5.90. The molecular formula is C11H16O4. The standard InChI is InChI=1S/C11H16O4/c12-10-8-3-1-2-4-9-6-13-7-15-11(9,10)14-5-8/h8-9H,1-7H2. The lowest BCUT2D eigenvalue weighted by atomic mass is 9.82. The van der Waals surface area contributed by atoms with E-state index in [2.05, 4.69) is 0 Å². The molecule has 84 valence electrons. The molecule has 1 spiro atoms. The number of hydrogen-bond acceptors (Lipinski definition) is 4. The van der Waals surface area contributed by atoms with E-state index in [0.717, 1.165) is 25.7 Å². The van der Waals surface area contributed by atoms with Crippen molar-refractivity contribution >= 4 is 5.78 Å². The van der Waals surface area contributed by atoms with Crippen molar-refractivity contribution in [3.8, 4) is 0 Å². The number of rotatable bonds is 0. The zero-order valence-electron chi connectivity index (χ0n) is 8.74. The van der Waals surface area contributed by atoms with E-state index in [4.69, 9.17) is 14.2 Å². The van der Waals surface area contributed by atoms with E-state index in [0.29, 0.717) is 13.2 Å². The lowest BCUT2D eigenvalue weighted by Crippen LogP contribution is -2.53. The van der Waals surface area contributed by atoms with Crippen molar-refractivity contribution < 1.29 is 19.0 Å². The van der Waals surface area contributed by atoms with Crippen molar-refractivity contribution in [2.24, 2.45) is 11.8 Å². The van der Waals surface area contributed by atoms with E-state index in [1.54, 1.807) is 0 Å². The molecule has 3 unspecified atom stereocenters. The van der Waals surface area contributed by atoms with Gasteiger partial charge in [-0.3, -0.25) is 4.79 Å². The van der Waals surface area contributed by atoms with E-state index in [1.807, 2.05) is 0 Å². The van der Waals surface area contributed by atoms with Crippen molar-refractivity contribution in [3.05, 3.63) is 0 Å². The summed E-state index contributed by atoms with van der Waals surface area (Å²) >= 11 is 0. The smallest absolute Gasteiger partial charge is 0.236 e. The second kappa shape index (κ2) is 3.54. The van der Waals surface area contributed by atoms with Crippen LogP contribution in [0.2, 0.25) is 0 Å². The minimum atomic E-state index is -0.941. The van der Waals surface area contributed by atoms with Crippen molar-refractivity contribution in [1.82, 2.24) is 0 Å². The van der Waals surface area contributed by atoms with Gasteiger partial charge >= 0.3 is 0 Å². The van der Waals surface area contributed by atoms with Gasteiger partial charge in [-0.2, -0.15) is 0 Å². The molecule has 0 radical (unpaired) electrons. The molecule has 4 nitrogen and oxygen atoms in total. The first kappa shape index (κ1) is 9.75. The third-order valence-electron chi connectivity index (χ3n) is 3.78. The summed E-state index contributed by atoms with van der Waals surface area (Å²) in [6.45, 7) is 1.32. The van der Waals surface area contributed by atoms with Crippen LogP contribution >= 0.6 is 0 Å². The molecular weight excluding hydrogens is 196 g/mol. The van der Waals surface area contributed by atoms with Gasteiger partial charge in [-0.25, -0.2) is 0 Å². The summed E-state index contributed by atoms with van der Waals surface area (Å²) in [5, 5.41) is 0. The van der Waals surface area contributed by atoms with E-state index in [1.165, 1.54) is 0 Å². The van der Waals surface area contributed by atoms with Crippen LogP contribution in [-0.2, 0) is 19.0 Å². The maximum atomic E-state index is 12.2. The zero-order chi connectivity index (χ0) is 10.3. The molecule has 2 saturated heterocycles. The molecule has 1 aliphatic carbocycles. The molecule has 2 heterocycles. The molecule has 0 amide bonds. The predicted octanol–water partition coefficient (Wildman–Crippen LogP) is 1.09. The molecule has 0 aromatic rings. The topological polar surface area (TPSA) is 44.8 Å². The Morgan fingerprint density at radius 2 is 2.00 bits per heavy atom. The van der Waals surface area contributed by atoms with Crippen molar-refractivity contribution in [3.63, 3.8) is 0 Å². The van der Waals surface area contributed by atoms with Crippen LogP contribution in [0.25, 0.3) is 0 Å². The van der Waals surface area contributed by atoms with Crippen LogP contribution in [0, 0.1) is 11.8 Å². The lowest BCUT2D eigenvalue weighted by Gasteiger charge is -2.39. The second-order valence-corrected chi connectivity index (χ2v) is 4.65. The van der Waals surface area contributed by atoms with Crippen LogP contribution in [0.3, 0.4) is 0 Å². The van der Waals surface area contributed by atoms with E-state index in [-0.39, 0.29) is 24.4 Å². The number of carbonyl (C=O) groups excluding carboxylic acids is 1. The molecule has 3 fully saturated rings. The monoisotopic (exact) mass is 212 g/mol. The van der Waals surface area contributed by atoms with Gasteiger partial charge in [-0.1, -0.05) is 12.8 Å². The van der Waals surface area contributed by atoms with Gasteiger partial charge in [0.1, 0.15) is 0 Å². The number of ether oxygens (including phenoxy) is 3. The molecule has 0 aromatic carbocycles. The highest BCUT2D eigenvalue weighted by Gasteiger charge is 2.57. The quantitative estimate of drug-likeness (QED) is 0.603. The molecule has 1 saturated carbocycles. The Balaban J connectivity index is 1.93. The van der Waals surface area contributed by atoms with Gasteiger partial charge in [-0.15, -0.1) is 0 Å². The van der Waals surface area contributed by atoms with Crippen LogP contribution in [0.4, 0.5) is 0 Å². The summed E-state index contributed by atoms with van der Waals surface area (Å²) in [6, 6.07) is 0. The number of fused-ring (bicyclic) bond motifs is 1. The van der Waals surface area contributed by atoms with E-state index >= 15 is 0 Å². The molecule has 15 heavy (non-hydrogen) atoms. The fraction of sp³-hybridized carbons (Fsp3) is 0.909. The van der Waals surface area contributed by atoms with E-state index < -0.39 is 5.79 Å². The van der Waals surface area contributed by atoms with Crippen LogP contribution in [0.1, 0.15) is 25.7 Å². The molecule has 0 aromatic heterocycles. The van der Waals surface area contributed by atoms with Crippen molar-refractivity contribution in [2.45, 2.75) is 31.5 Å². The van der Waals surface area contributed by atoms with Crippen molar-refractivity contribution in [2.75, 3.05) is 20.0 Å². The second-order valence-electron chi connectivity index (χ2n) is 4.65. The van der Waals surface area contributed by atoms with Gasteiger partial charge in [0.2, 0.25) is 5.79 Å². The molecule has 3 atom stereocenters. The molecule has 2 aliphatic heterocycles. The van der Waals surface area contributed by atoms with Crippen LogP contribution in [0.5, 0.6) is 0 Å². The Bertz CT molecular complexity index is 278. The summed E-state index contributed by atoms with van der Waals surface area (Å²) in [7, 11) is 0. The first-order valence-electron chi connectivity index (χ1n) is 5.73. The first-order chi connectivity index (χ1) is 7.33. The van der Waals surface area contributed by atoms with Gasteiger partial charge in [0.25, 0.3) is 0 Å². The SMILES string of the molecule is O=C1C2CCCCC3COCOC13OC2. The van der Waals surface area contributed by atoms with Gasteiger partial charge < -0.3 is 14.2 Å². The number of ketones is 1. The molecule has 2 bridgehead atoms. The fourth-order valence-electron chi connectivity index (χ4n) is 2.90. The minimum Gasteiger partial charge on any atom is -0.355 e. The van der Waals surface area contributed by atoms with Gasteiger partial charge in [0.05, 0.1) is 13.2 Å². The highest BCUT2D eigenvalue weighted by Crippen LogP contribution is 2.42. The average Bonchev–Trinajstić information content (AvgIpc) is 2.60. The lowest BCUT2D eigenvalue weighted by molar-refractivity contribution is -0.304. The van der Waals surface area contributed by atoms with Crippen LogP contribution in [-0.4, -0.2) is 31.6 Å². The maximum absolute atomic E-state index is 12.2. The number of carbonyl (C=O) groups is 1. The van der Waals surface area contributed by atoms with Crippen LogP contribution < -0.4 is 0 Å². The normalized spacial score (nSPS) is 45.7. The van der Waals surface area contributed by atoms with E-state index in [9.17, 15) is 4.79 Å². The summed E-state index contributed by atoms with van der Waals surface area (Å²) in [5.74, 6) is -0.617. The Kier molecular flexibility index (Phi) is 2.30. The largest absolute Gasteiger partial charge is 0.355 e. The Hall–Kier alpha value is -0.450. The Morgan fingerprint density at radius 3 is 2.93 bits per heavy atom. The van der Waals surface area contributed by atoms with Gasteiger partial charge in [0.15, 0.2) is 12.6 Å². The van der Waals surface area contributed by atoms with Crippen molar-refractivity contribution in [1.29, 1.82) is 0 Å². The summed E-state index contributed by atoms with van der Waals surface area (Å²) in [5.41, 5.74) is 0.